The average Bonchev–Trinajstić information content (AvgIpc) is 2.87. The molecule has 27 heavy (non-hydrogen) atoms. The van der Waals surface area contributed by atoms with Crippen molar-refractivity contribution in [3.8, 4) is 0 Å². The van der Waals surface area contributed by atoms with Gasteiger partial charge in [0.2, 0.25) is 0 Å². The minimum Gasteiger partial charge on any atom is -0.462 e. The molecule has 1 aliphatic rings. The van der Waals surface area contributed by atoms with Crippen LogP contribution in [0.2, 0.25) is 10.0 Å². The van der Waals surface area contributed by atoms with E-state index in [9.17, 15) is 14.4 Å². The Morgan fingerprint density at radius 3 is 2.44 bits per heavy atom. The molecule has 0 aliphatic carbocycles. The molecule has 0 aromatic heterocycles. The molecule has 0 bridgehead atoms. The van der Waals surface area contributed by atoms with Crippen molar-refractivity contribution in [1.82, 2.24) is 0 Å². The number of imide groups is 1. The fourth-order valence-corrected chi connectivity index (χ4v) is 3.08. The molecular formula is C20H17Cl2NO4. The van der Waals surface area contributed by atoms with Gasteiger partial charge >= 0.3 is 5.97 Å². The van der Waals surface area contributed by atoms with Crippen molar-refractivity contribution < 1.29 is 19.1 Å². The Labute approximate surface area is 166 Å². The van der Waals surface area contributed by atoms with Gasteiger partial charge < -0.3 is 4.74 Å². The van der Waals surface area contributed by atoms with Gasteiger partial charge in [-0.2, -0.15) is 0 Å². The van der Waals surface area contributed by atoms with E-state index >= 15 is 0 Å². The van der Waals surface area contributed by atoms with Crippen LogP contribution in [0, 0.1) is 5.92 Å². The van der Waals surface area contributed by atoms with Gasteiger partial charge in [-0.3, -0.25) is 9.59 Å². The Morgan fingerprint density at radius 2 is 1.74 bits per heavy atom. The van der Waals surface area contributed by atoms with E-state index in [4.69, 9.17) is 27.9 Å². The van der Waals surface area contributed by atoms with E-state index in [1.165, 1.54) is 30.3 Å². The molecule has 0 saturated heterocycles. The summed E-state index contributed by atoms with van der Waals surface area (Å²) in [7, 11) is 0. The van der Waals surface area contributed by atoms with Crippen LogP contribution in [-0.2, 0) is 4.74 Å². The van der Waals surface area contributed by atoms with E-state index in [1.54, 1.807) is 6.07 Å². The lowest BCUT2D eigenvalue weighted by molar-refractivity contribution is 0.0488. The number of nitrogens with zero attached hydrogens (tertiary/aromatic N) is 1. The molecule has 0 radical (unpaired) electrons. The van der Waals surface area contributed by atoms with Gasteiger partial charge in [-0.1, -0.05) is 37.0 Å². The van der Waals surface area contributed by atoms with E-state index in [0.29, 0.717) is 17.5 Å². The van der Waals surface area contributed by atoms with E-state index in [1.807, 2.05) is 13.8 Å². The Bertz CT molecular complexity index is 940. The second-order valence-electron chi connectivity index (χ2n) is 6.62. The van der Waals surface area contributed by atoms with Crippen LogP contribution >= 0.6 is 23.2 Å². The van der Waals surface area contributed by atoms with Crippen LogP contribution in [0.4, 0.5) is 5.69 Å². The summed E-state index contributed by atoms with van der Waals surface area (Å²) in [6, 6.07) is 8.84. The van der Waals surface area contributed by atoms with Crippen molar-refractivity contribution in [3.63, 3.8) is 0 Å². The molecular weight excluding hydrogens is 389 g/mol. The smallest absolute Gasteiger partial charge is 0.338 e. The summed E-state index contributed by atoms with van der Waals surface area (Å²) < 4.78 is 5.22. The van der Waals surface area contributed by atoms with Crippen molar-refractivity contribution in [2.24, 2.45) is 5.92 Å². The largest absolute Gasteiger partial charge is 0.462 e. The molecule has 2 aromatic rings. The first-order valence-electron chi connectivity index (χ1n) is 8.44. The number of carbonyl (C=O) groups excluding carboxylic acids is 3. The molecule has 0 unspecified atom stereocenters. The van der Waals surface area contributed by atoms with Crippen molar-refractivity contribution in [3.05, 3.63) is 63.1 Å². The first-order chi connectivity index (χ1) is 12.8. The number of esters is 1. The minimum atomic E-state index is -0.559. The Balaban J connectivity index is 1.88. The molecule has 1 aliphatic heterocycles. The Kier molecular flexibility index (Phi) is 5.53. The molecule has 1 heterocycles. The predicted octanol–water partition coefficient (Wildman–Crippen LogP) is 5.00. The van der Waals surface area contributed by atoms with Crippen LogP contribution in [0.25, 0.3) is 0 Å². The minimum absolute atomic E-state index is 0.134. The van der Waals surface area contributed by atoms with Crippen LogP contribution in [-0.4, -0.2) is 24.4 Å². The van der Waals surface area contributed by atoms with Crippen LogP contribution < -0.4 is 4.90 Å². The Morgan fingerprint density at radius 1 is 1.04 bits per heavy atom. The highest BCUT2D eigenvalue weighted by Crippen LogP contribution is 2.35. The standard InChI is InChI=1S/C20H17Cl2NO4/c1-11(2)7-8-27-20(26)12-3-5-14-15(9-12)19(25)23(18(14)24)17-10-13(21)4-6-16(17)22/h3-6,9-11H,7-8H2,1-2H3. The number of fused-ring (bicyclic) bond motifs is 1. The molecule has 0 spiro atoms. The summed E-state index contributed by atoms with van der Waals surface area (Å²) in [6.07, 6.45) is 0.745. The van der Waals surface area contributed by atoms with Crippen molar-refractivity contribution in [2.45, 2.75) is 20.3 Å². The molecule has 3 rings (SSSR count). The van der Waals surface area contributed by atoms with Crippen molar-refractivity contribution in [2.75, 3.05) is 11.5 Å². The van der Waals surface area contributed by atoms with E-state index in [-0.39, 0.29) is 27.4 Å². The quantitative estimate of drug-likeness (QED) is 0.518. The highest BCUT2D eigenvalue weighted by Gasteiger charge is 2.38. The zero-order valence-electron chi connectivity index (χ0n) is 14.8. The zero-order chi connectivity index (χ0) is 19.7. The van der Waals surface area contributed by atoms with Gasteiger partial charge in [0.1, 0.15) is 0 Å². The summed E-state index contributed by atoms with van der Waals surface area (Å²) in [6.45, 7) is 4.36. The van der Waals surface area contributed by atoms with Crippen LogP contribution in [0.5, 0.6) is 0 Å². The molecule has 2 amide bonds. The molecule has 140 valence electrons. The summed E-state index contributed by atoms with van der Waals surface area (Å²) in [5, 5.41) is 0.572. The summed E-state index contributed by atoms with van der Waals surface area (Å²) in [5.74, 6) is -1.19. The van der Waals surface area contributed by atoms with Gasteiger partial charge in [-0.05, 0) is 48.7 Å². The van der Waals surface area contributed by atoms with E-state index in [2.05, 4.69) is 0 Å². The molecule has 7 heteroatoms. The fourth-order valence-electron chi connectivity index (χ4n) is 2.71. The number of hydrogen-bond acceptors (Lipinski definition) is 4. The maximum Gasteiger partial charge on any atom is 0.338 e. The lowest BCUT2D eigenvalue weighted by Crippen LogP contribution is -2.29. The average molecular weight is 406 g/mol. The summed E-state index contributed by atoms with van der Waals surface area (Å²) >= 11 is 12.1. The van der Waals surface area contributed by atoms with Gasteiger partial charge in [0.15, 0.2) is 0 Å². The second kappa shape index (κ2) is 7.71. The maximum absolute atomic E-state index is 12.8. The molecule has 0 N–H and O–H groups in total. The van der Waals surface area contributed by atoms with Crippen LogP contribution in [0.1, 0.15) is 51.3 Å². The maximum atomic E-state index is 12.8. The van der Waals surface area contributed by atoms with Gasteiger partial charge in [-0.25, -0.2) is 9.69 Å². The monoisotopic (exact) mass is 405 g/mol. The van der Waals surface area contributed by atoms with Crippen molar-refractivity contribution >= 4 is 46.7 Å². The number of amides is 2. The summed E-state index contributed by atoms with van der Waals surface area (Å²) in [5.41, 5.74) is 0.762. The highest BCUT2D eigenvalue weighted by atomic mass is 35.5. The third kappa shape index (κ3) is 3.84. The van der Waals surface area contributed by atoms with Gasteiger partial charge in [0, 0.05) is 5.02 Å². The molecule has 0 atom stereocenters. The lowest BCUT2D eigenvalue weighted by atomic mass is 10.1. The molecule has 0 saturated carbocycles. The first-order valence-corrected chi connectivity index (χ1v) is 9.20. The number of benzene rings is 2. The van der Waals surface area contributed by atoms with E-state index in [0.717, 1.165) is 11.3 Å². The lowest BCUT2D eigenvalue weighted by Gasteiger charge is -2.15. The predicted molar refractivity (Wildman–Crippen MR) is 104 cm³/mol. The topological polar surface area (TPSA) is 63.7 Å². The van der Waals surface area contributed by atoms with E-state index < -0.39 is 17.8 Å². The second-order valence-corrected chi connectivity index (χ2v) is 7.46. The number of hydrogen-bond donors (Lipinski definition) is 0. The number of halogens is 2. The molecule has 0 fully saturated rings. The third-order valence-corrected chi connectivity index (χ3v) is 4.75. The number of rotatable bonds is 5. The number of ether oxygens (including phenoxy) is 1. The van der Waals surface area contributed by atoms with Gasteiger partial charge in [0.25, 0.3) is 11.8 Å². The summed E-state index contributed by atoms with van der Waals surface area (Å²) in [4.78, 5) is 38.6. The Hall–Kier alpha value is -2.37. The van der Waals surface area contributed by atoms with Crippen LogP contribution in [0.15, 0.2) is 36.4 Å². The first kappa shape index (κ1) is 19.4. The van der Waals surface area contributed by atoms with Crippen LogP contribution in [0.3, 0.4) is 0 Å². The number of carbonyl (C=O) groups is 3. The zero-order valence-corrected chi connectivity index (χ0v) is 16.3. The molecule has 5 nitrogen and oxygen atoms in total. The van der Waals surface area contributed by atoms with Crippen molar-refractivity contribution in [1.29, 1.82) is 0 Å². The SMILES string of the molecule is CC(C)CCOC(=O)c1ccc2c(c1)C(=O)N(c1cc(Cl)ccc1Cl)C2=O. The third-order valence-electron chi connectivity index (χ3n) is 4.20. The van der Waals surface area contributed by atoms with Gasteiger partial charge in [-0.15, -0.1) is 0 Å². The number of anilines is 1. The fraction of sp³-hybridized carbons (Fsp3) is 0.250. The highest BCUT2D eigenvalue weighted by molar-refractivity contribution is 6.41. The molecule has 2 aromatic carbocycles. The normalized spacial score (nSPS) is 13.3. The van der Waals surface area contributed by atoms with Gasteiger partial charge in [0.05, 0.1) is 34.0 Å².